The molecule has 1 saturated carbocycles. The van der Waals surface area contributed by atoms with Gasteiger partial charge in [0.1, 0.15) is 12.4 Å². The van der Waals surface area contributed by atoms with E-state index < -0.39 is 6.10 Å². The molecular weight excluding hydrogens is 554 g/mol. The Bertz CT molecular complexity index is 1190. The fourth-order valence-corrected chi connectivity index (χ4v) is 5.48. The number of carbonyl (C=O) groups is 1. The first kappa shape index (κ1) is 27.7. The van der Waals surface area contributed by atoms with Crippen LogP contribution in [0.5, 0.6) is 5.75 Å². The third kappa shape index (κ3) is 7.16. The Morgan fingerprint density at radius 3 is 2.92 bits per heavy atom. The molecule has 1 aliphatic heterocycles. The van der Waals surface area contributed by atoms with Crippen molar-refractivity contribution >= 4 is 40.9 Å². The van der Waals surface area contributed by atoms with Crippen molar-refractivity contribution in [2.45, 2.75) is 63.8 Å². The molecular formula is C28H34BrN3O4S. The van der Waals surface area contributed by atoms with Gasteiger partial charge in [0.2, 0.25) is 0 Å². The average molecular weight is 589 g/mol. The molecule has 1 atom stereocenters. The maximum absolute atomic E-state index is 12.7. The minimum absolute atomic E-state index is 0. The Kier molecular flexibility index (Phi) is 9.70. The number of nitrogens with one attached hydrogen (secondary N) is 1. The van der Waals surface area contributed by atoms with Crippen molar-refractivity contribution in [3.63, 3.8) is 0 Å². The normalized spacial score (nSPS) is 16.3. The number of β-amino-alcohol motifs (C(OH)–C–C–N with tert-alkyl or cyclic N) is 1. The smallest absolute Gasteiger partial charge is 0.181 e. The summed E-state index contributed by atoms with van der Waals surface area (Å²) < 4.78 is 12.1. The highest BCUT2D eigenvalue weighted by molar-refractivity contribution is 9.10. The topological polar surface area (TPSA) is 87.8 Å². The number of benzene rings is 2. The first-order valence-electron chi connectivity index (χ1n) is 12.7. The van der Waals surface area contributed by atoms with Gasteiger partial charge >= 0.3 is 0 Å². The summed E-state index contributed by atoms with van der Waals surface area (Å²) in [4.78, 5) is 18.9. The van der Waals surface area contributed by atoms with Crippen LogP contribution < -0.4 is 10.1 Å². The second kappa shape index (κ2) is 13.0. The summed E-state index contributed by atoms with van der Waals surface area (Å²) in [6.07, 6.45) is 7.83. The van der Waals surface area contributed by atoms with Crippen LogP contribution in [0.15, 0.2) is 57.9 Å². The van der Waals surface area contributed by atoms with E-state index in [-0.39, 0.29) is 19.3 Å². The van der Waals surface area contributed by atoms with Gasteiger partial charge < -0.3 is 19.6 Å². The number of anilines is 1. The molecule has 5 rings (SSSR count). The summed E-state index contributed by atoms with van der Waals surface area (Å²) in [5.41, 5.74) is 4.18. The van der Waals surface area contributed by atoms with Crippen LogP contribution in [-0.2, 0) is 19.6 Å². The van der Waals surface area contributed by atoms with Gasteiger partial charge in [0, 0.05) is 43.3 Å². The number of ketones is 1. The predicted octanol–water partition coefficient (Wildman–Crippen LogP) is 5.48. The van der Waals surface area contributed by atoms with Gasteiger partial charge in [-0.2, -0.15) is 13.5 Å². The first-order valence-corrected chi connectivity index (χ1v) is 13.4. The summed E-state index contributed by atoms with van der Waals surface area (Å²) in [5.74, 6) is 1.54. The fourth-order valence-electron chi connectivity index (χ4n) is 4.78. The number of halogens is 1. The van der Waals surface area contributed by atoms with Gasteiger partial charge in [-0.3, -0.25) is 9.69 Å². The van der Waals surface area contributed by atoms with E-state index in [1.807, 2.05) is 30.3 Å². The minimum Gasteiger partial charge on any atom is -0.484 e. The standard InChI is InChI=1S/C28H32BrN3O4.H2S/c29-28-25-11-12-32(15-20(25)7-10-27(28)35-17-24-14-30-18-36-24)16-23(33)8-9-26(34)19-3-1-6-22(13-19)31-21-4-2-5-21;/h1,3,6-7,10,13-14,18,21,23,31,33H,2,4-5,8-9,11-12,15-17H2;1H2/t23-;/m0./s1. The molecule has 2 N–H and O–H groups in total. The zero-order chi connectivity index (χ0) is 24.9. The van der Waals surface area contributed by atoms with Crippen molar-refractivity contribution in [3.05, 3.63) is 75.9 Å². The van der Waals surface area contributed by atoms with Gasteiger partial charge in [0.15, 0.2) is 17.9 Å². The second-order valence-electron chi connectivity index (χ2n) is 9.73. The molecule has 2 aromatic carbocycles. The van der Waals surface area contributed by atoms with E-state index in [1.54, 1.807) is 6.20 Å². The van der Waals surface area contributed by atoms with E-state index in [0.29, 0.717) is 43.4 Å². The van der Waals surface area contributed by atoms with Crippen LogP contribution in [0, 0.1) is 0 Å². The number of aromatic nitrogens is 1. The van der Waals surface area contributed by atoms with Crippen LogP contribution in [0.4, 0.5) is 5.69 Å². The zero-order valence-electron chi connectivity index (χ0n) is 20.8. The van der Waals surface area contributed by atoms with Gasteiger partial charge in [-0.15, -0.1) is 0 Å². The summed E-state index contributed by atoms with van der Waals surface area (Å²) in [7, 11) is 0. The fraction of sp³-hybridized carbons (Fsp3) is 0.429. The zero-order valence-corrected chi connectivity index (χ0v) is 23.4. The molecule has 3 aromatic rings. The number of hydrogen-bond acceptors (Lipinski definition) is 7. The SMILES string of the molecule is O=C(CC[C@H](O)CN1CCc2c(ccc(OCc3cnco3)c2Br)C1)c1cccc(NC2CCC2)c1.S. The molecule has 37 heavy (non-hydrogen) atoms. The van der Waals surface area contributed by atoms with Crippen LogP contribution in [0.3, 0.4) is 0 Å². The molecule has 0 radical (unpaired) electrons. The Hall–Kier alpha value is -2.33. The van der Waals surface area contributed by atoms with Crippen molar-refractivity contribution in [3.8, 4) is 5.75 Å². The Morgan fingerprint density at radius 2 is 2.16 bits per heavy atom. The van der Waals surface area contributed by atoms with Crippen molar-refractivity contribution < 1.29 is 19.1 Å². The van der Waals surface area contributed by atoms with Crippen molar-refractivity contribution in [2.24, 2.45) is 0 Å². The van der Waals surface area contributed by atoms with Crippen molar-refractivity contribution in [2.75, 3.05) is 18.4 Å². The average Bonchev–Trinajstić information content (AvgIpc) is 3.38. The first-order chi connectivity index (χ1) is 17.5. The maximum atomic E-state index is 12.7. The van der Waals surface area contributed by atoms with Crippen LogP contribution in [-0.4, -0.2) is 46.0 Å². The third-order valence-electron chi connectivity index (χ3n) is 7.06. The monoisotopic (exact) mass is 587 g/mol. The van der Waals surface area contributed by atoms with Gasteiger partial charge in [-0.1, -0.05) is 18.2 Å². The molecule has 2 heterocycles. The number of rotatable bonds is 11. The highest BCUT2D eigenvalue weighted by Crippen LogP contribution is 2.35. The second-order valence-corrected chi connectivity index (χ2v) is 10.5. The minimum atomic E-state index is -0.542. The predicted molar refractivity (Wildman–Crippen MR) is 152 cm³/mol. The van der Waals surface area contributed by atoms with Crippen LogP contribution in [0.1, 0.15) is 59.3 Å². The largest absolute Gasteiger partial charge is 0.484 e. The maximum Gasteiger partial charge on any atom is 0.181 e. The Morgan fingerprint density at radius 1 is 1.30 bits per heavy atom. The van der Waals surface area contributed by atoms with Gasteiger partial charge in [0.05, 0.1) is 16.8 Å². The number of aliphatic hydroxyl groups is 1. The number of nitrogens with zero attached hydrogens (tertiary/aromatic N) is 2. The van der Waals surface area contributed by atoms with E-state index in [2.05, 4.69) is 37.2 Å². The number of aliphatic hydroxyl groups excluding tert-OH is 1. The molecule has 0 saturated heterocycles. The molecule has 9 heteroatoms. The number of oxazole rings is 1. The lowest BCUT2D eigenvalue weighted by molar-refractivity contribution is 0.0836. The van der Waals surface area contributed by atoms with Gasteiger partial charge in [0.25, 0.3) is 0 Å². The summed E-state index contributed by atoms with van der Waals surface area (Å²) in [6.45, 7) is 2.49. The van der Waals surface area contributed by atoms with E-state index in [0.717, 1.165) is 35.4 Å². The third-order valence-corrected chi connectivity index (χ3v) is 7.93. The molecule has 7 nitrogen and oxygen atoms in total. The molecule has 1 aliphatic carbocycles. The van der Waals surface area contributed by atoms with E-state index in [4.69, 9.17) is 9.15 Å². The molecule has 1 aromatic heterocycles. The van der Waals surface area contributed by atoms with E-state index in [1.165, 1.54) is 36.8 Å². The lowest BCUT2D eigenvalue weighted by Crippen LogP contribution is -2.37. The number of hydrogen-bond donors (Lipinski definition) is 2. The molecule has 0 bridgehead atoms. The Labute approximate surface area is 233 Å². The molecule has 0 unspecified atom stereocenters. The quantitative estimate of drug-likeness (QED) is 0.287. The summed E-state index contributed by atoms with van der Waals surface area (Å²) >= 11 is 3.71. The number of ether oxygens (including phenoxy) is 1. The lowest BCUT2D eigenvalue weighted by Gasteiger charge is -2.31. The molecule has 0 spiro atoms. The van der Waals surface area contributed by atoms with Crippen LogP contribution in [0.2, 0.25) is 0 Å². The van der Waals surface area contributed by atoms with E-state index >= 15 is 0 Å². The molecule has 198 valence electrons. The molecule has 0 amide bonds. The number of carbonyl (C=O) groups excluding carboxylic acids is 1. The van der Waals surface area contributed by atoms with Crippen molar-refractivity contribution in [1.29, 1.82) is 0 Å². The Balaban J connectivity index is 0.00000320. The van der Waals surface area contributed by atoms with Gasteiger partial charge in [-0.25, -0.2) is 4.98 Å². The number of fused-ring (bicyclic) bond motifs is 1. The van der Waals surface area contributed by atoms with Gasteiger partial charge in [-0.05, 0) is 77.4 Å². The highest BCUT2D eigenvalue weighted by Gasteiger charge is 2.23. The van der Waals surface area contributed by atoms with Crippen molar-refractivity contribution in [1.82, 2.24) is 9.88 Å². The molecule has 2 aliphatic rings. The van der Waals surface area contributed by atoms with Crippen LogP contribution >= 0.6 is 29.4 Å². The van der Waals surface area contributed by atoms with E-state index in [9.17, 15) is 9.90 Å². The molecule has 1 fully saturated rings. The summed E-state index contributed by atoms with van der Waals surface area (Å²) in [5, 5.41) is 14.2. The summed E-state index contributed by atoms with van der Waals surface area (Å²) in [6, 6.07) is 12.3. The highest BCUT2D eigenvalue weighted by atomic mass is 79.9. The van der Waals surface area contributed by atoms with Crippen LogP contribution in [0.25, 0.3) is 0 Å². The number of Topliss-reactive ketones (excluding diaryl/α,β-unsaturated/α-hetero) is 1. The lowest BCUT2D eigenvalue weighted by atomic mass is 9.93.